The average molecular weight is 332 g/mol. The Morgan fingerprint density at radius 1 is 0.783 bits per heavy atom. The van der Waals surface area contributed by atoms with Crippen LogP contribution >= 0.6 is 0 Å². The first-order valence-electron chi connectivity index (χ1n) is 8.66. The van der Waals surface area contributed by atoms with Gasteiger partial charge in [-0.05, 0) is 51.4 Å². The molecule has 23 heavy (non-hydrogen) atoms. The van der Waals surface area contributed by atoms with Crippen molar-refractivity contribution in [2.75, 3.05) is 13.2 Å². The predicted octanol–water partition coefficient (Wildman–Crippen LogP) is 2.35. The molecule has 2 unspecified atom stereocenters. The van der Waals surface area contributed by atoms with E-state index in [0.717, 1.165) is 25.7 Å². The van der Waals surface area contributed by atoms with E-state index in [-0.39, 0.29) is 31.8 Å². The Bertz CT molecular complexity index is 288. The van der Waals surface area contributed by atoms with Crippen molar-refractivity contribution in [1.82, 2.24) is 0 Å². The van der Waals surface area contributed by atoms with Crippen molar-refractivity contribution in [2.45, 2.75) is 83.8 Å². The number of hydrogen-bond acceptors (Lipinski definition) is 6. The van der Waals surface area contributed by atoms with Crippen LogP contribution in [0.5, 0.6) is 0 Å². The van der Waals surface area contributed by atoms with Crippen LogP contribution in [0.2, 0.25) is 0 Å². The van der Waals surface area contributed by atoms with E-state index in [1.807, 2.05) is 13.8 Å². The standard InChI is InChI=1S/C17H32O6/c1-3-14(18)9-5-7-11-22-16(20)13-17(21)23-12-8-6-10-15(19)4-2/h14-15,18-19H,3-13H2,1-2H3. The molecule has 0 heterocycles. The maximum atomic E-state index is 11.4. The molecule has 6 heteroatoms. The summed E-state index contributed by atoms with van der Waals surface area (Å²) in [6, 6.07) is 0. The molecule has 0 aromatic carbocycles. The molecule has 0 amide bonds. The van der Waals surface area contributed by atoms with Crippen molar-refractivity contribution >= 4 is 11.9 Å². The third kappa shape index (κ3) is 14.2. The Kier molecular flexibility index (Phi) is 13.7. The van der Waals surface area contributed by atoms with Gasteiger partial charge in [0.1, 0.15) is 6.42 Å². The fourth-order valence-corrected chi connectivity index (χ4v) is 1.96. The monoisotopic (exact) mass is 332 g/mol. The molecule has 0 radical (unpaired) electrons. The number of unbranched alkanes of at least 4 members (excludes halogenated alkanes) is 2. The Hall–Kier alpha value is -1.14. The normalized spacial score (nSPS) is 13.4. The fraction of sp³-hybridized carbons (Fsp3) is 0.882. The van der Waals surface area contributed by atoms with Crippen molar-refractivity contribution in [2.24, 2.45) is 0 Å². The summed E-state index contributed by atoms with van der Waals surface area (Å²) in [6.07, 6.45) is 4.83. The Morgan fingerprint density at radius 3 is 1.52 bits per heavy atom. The zero-order chi connectivity index (χ0) is 17.5. The van der Waals surface area contributed by atoms with Crippen molar-refractivity contribution in [3.63, 3.8) is 0 Å². The van der Waals surface area contributed by atoms with Gasteiger partial charge < -0.3 is 19.7 Å². The van der Waals surface area contributed by atoms with Crippen LogP contribution in [0.25, 0.3) is 0 Å². The summed E-state index contributed by atoms with van der Waals surface area (Å²) in [6.45, 7) is 4.36. The SMILES string of the molecule is CCC(O)CCCCOC(=O)CC(=O)OCCCCC(O)CC. The lowest BCUT2D eigenvalue weighted by molar-refractivity contribution is -0.154. The predicted molar refractivity (Wildman–Crippen MR) is 86.8 cm³/mol. The highest BCUT2D eigenvalue weighted by atomic mass is 16.6. The quantitative estimate of drug-likeness (QED) is 0.288. The molecule has 2 atom stereocenters. The first kappa shape index (κ1) is 21.9. The first-order valence-corrected chi connectivity index (χ1v) is 8.66. The number of ether oxygens (including phenoxy) is 2. The molecule has 0 bridgehead atoms. The van der Waals surface area contributed by atoms with Crippen LogP contribution in [0.1, 0.15) is 71.6 Å². The largest absolute Gasteiger partial charge is 0.465 e. The van der Waals surface area contributed by atoms with Gasteiger partial charge in [0, 0.05) is 0 Å². The van der Waals surface area contributed by atoms with Crippen molar-refractivity contribution in [1.29, 1.82) is 0 Å². The Labute approximate surface area is 139 Å². The molecule has 6 nitrogen and oxygen atoms in total. The number of aliphatic hydroxyl groups excluding tert-OH is 2. The number of esters is 2. The number of hydrogen-bond donors (Lipinski definition) is 2. The number of rotatable bonds is 14. The lowest BCUT2D eigenvalue weighted by Gasteiger charge is -2.08. The molecule has 0 fully saturated rings. The minimum atomic E-state index is -0.576. The lowest BCUT2D eigenvalue weighted by Crippen LogP contribution is -2.15. The molecule has 0 aliphatic heterocycles. The van der Waals surface area contributed by atoms with Crippen molar-refractivity contribution in [3.05, 3.63) is 0 Å². The molecule has 0 rings (SSSR count). The van der Waals surface area contributed by atoms with Gasteiger partial charge in [0.15, 0.2) is 0 Å². The van der Waals surface area contributed by atoms with Gasteiger partial charge in [-0.2, -0.15) is 0 Å². The van der Waals surface area contributed by atoms with Crippen molar-refractivity contribution < 1.29 is 29.3 Å². The van der Waals surface area contributed by atoms with E-state index in [0.29, 0.717) is 25.7 Å². The topological polar surface area (TPSA) is 93.1 Å². The third-order valence-electron chi connectivity index (χ3n) is 3.62. The fourth-order valence-electron chi connectivity index (χ4n) is 1.96. The highest BCUT2D eigenvalue weighted by Crippen LogP contribution is 2.05. The second kappa shape index (κ2) is 14.5. The Balaban J connectivity index is 3.50. The lowest BCUT2D eigenvalue weighted by atomic mass is 10.1. The van der Waals surface area contributed by atoms with Gasteiger partial charge in [-0.1, -0.05) is 13.8 Å². The van der Waals surface area contributed by atoms with Crippen LogP contribution in [0.4, 0.5) is 0 Å². The molecule has 0 saturated heterocycles. The molecule has 2 N–H and O–H groups in total. The van der Waals surface area contributed by atoms with Gasteiger partial charge in [-0.25, -0.2) is 0 Å². The summed E-state index contributed by atoms with van der Waals surface area (Å²) >= 11 is 0. The van der Waals surface area contributed by atoms with E-state index in [2.05, 4.69) is 0 Å². The second-order valence-corrected chi connectivity index (χ2v) is 5.73. The van der Waals surface area contributed by atoms with E-state index < -0.39 is 11.9 Å². The van der Waals surface area contributed by atoms with E-state index >= 15 is 0 Å². The molecule has 0 aliphatic carbocycles. The molecule has 0 saturated carbocycles. The van der Waals surface area contributed by atoms with E-state index in [1.54, 1.807) is 0 Å². The molecular formula is C17H32O6. The van der Waals surface area contributed by atoms with Gasteiger partial charge >= 0.3 is 11.9 Å². The molecular weight excluding hydrogens is 300 g/mol. The number of aliphatic hydroxyl groups is 2. The summed E-state index contributed by atoms with van der Waals surface area (Å²) in [7, 11) is 0. The van der Waals surface area contributed by atoms with Crippen LogP contribution in [-0.4, -0.2) is 47.6 Å². The highest BCUT2D eigenvalue weighted by molar-refractivity contribution is 5.91. The first-order chi connectivity index (χ1) is 11.0. The maximum Gasteiger partial charge on any atom is 0.317 e. The number of carbonyl (C=O) groups is 2. The Morgan fingerprint density at radius 2 is 1.17 bits per heavy atom. The van der Waals surface area contributed by atoms with Crippen LogP contribution in [0.3, 0.4) is 0 Å². The van der Waals surface area contributed by atoms with E-state index in [4.69, 9.17) is 9.47 Å². The summed E-state index contributed by atoms with van der Waals surface area (Å²) in [5.74, 6) is -1.15. The average Bonchev–Trinajstić information content (AvgIpc) is 2.53. The van der Waals surface area contributed by atoms with Gasteiger partial charge in [0.05, 0.1) is 25.4 Å². The summed E-state index contributed by atoms with van der Waals surface area (Å²) in [4.78, 5) is 22.8. The van der Waals surface area contributed by atoms with Crippen LogP contribution in [-0.2, 0) is 19.1 Å². The van der Waals surface area contributed by atoms with Crippen LogP contribution in [0, 0.1) is 0 Å². The second-order valence-electron chi connectivity index (χ2n) is 5.73. The smallest absolute Gasteiger partial charge is 0.317 e. The zero-order valence-corrected chi connectivity index (χ0v) is 14.5. The van der Waals surface area contributed by atoms with Gasteiger partial charge in [-0.15, -0.1) is 0 Å². The van der Waals surface area contributed by atoms with Crippen LogP contribution < -0.4 is 0 Å². The minimum absolute atomic E-state index is 0.261. The maximum absolute atomic E-state index is 11.4. The van der Waals surface area contributed by atoms with Crippen LogP contribution in [0.15, 0.2) is 0 Å². The van der Waals surface area contributed by atoms with Gasteiger partial charge in [0.2, 0.25) is 0 Å². The molecule has 0 aromatic rings. The molecule has 0 spiro atoms. The highest BCUT2D eigenvalue weighted by Gasteiger charge is 2.12. The zero-order valence-electron chi connectivity index (χ0n) is 14.5. The number of carbonyl (C=O) groups excluding carboxylic acids is 2. The molecule has 0 aliphatic rings. The van der Waals surface area contributed by atoms with E-state index in [9.17, 15) is 19.8 Å². The van der Waals surface area contributed by atoms with E-state index in [1.165, 1.54) is 0 Å². The summed E-state index contributed by atoms with van der Waals surface area (Å²) in [5.41, 5.74) is 0. The summed E-state index contributed by atoms with van der Waals surface area (Å²) in [5, 5.41) is 18.7. The van der Waals surface area contributed by atoms with Gasteiger partial charge in [-0.3, -0.25) is 9.59 Å². The summed E-state index contributed by atoms with van der Waals surface area (Å²) < 4.78 is 9.89. The third-order valence-corrected chi connectivity index (χ3v) is 3.62. The minimum Gasteiger partial charge on any atom is -0.465 e. The molecule has 136 valence electrons. The van der Waals surface area contributed by atoms with Crippen molar-refractivity contribution in [3.8, 4) is 0 Å². The van der Waals surface area contributed by atoms with Gasteiger partial charge in [0.25, 0.3) is 0 Å². The molecule has 0 aromatic heterocycles.